The van der Waals surface area contributed by atoms with Crippen LogP contribution >= 0.6 is 0 Å². The van der Waals surface area contributed by atoms with Gasteiger partial charge in [-0.3, -0.25) is 4.79 Å². The third kappa shape index (κ3) is 7.24. The molecular formula is C25H44N2O. The molecule has 0 saturated carbocycles. The highest BCUT2D eigenvalue weighted by Crippen LogP contribution is 2.33. The smallest absolute Gasteiger partial charge is 0.223 e. The van der Waals surface area contributed by atoms with Crippen molar-refractivity contribution in [2.24, 2.45) is 17.6 Å². The summed E-state index contributed by atoms with van der Waals surface area (Å²) in [5.41, 5.74) is 8.29. The quantitative estimate of drug-likeness (QED) is 0.564. The van der Waals surface area contributed by atoms with Gasteiger partial charge in [-0.25, -0.2) is 0 Å². The van der Waals surface area contributed by atoms with Crippen LogP contribution in [0.25, 0.3) is 0 Å². The number of carbonyl (C=O) groups excluding carboxylic acids is 1. The minimum Gasteiger partial charge on any atom is -0.351 e. The molecule has 160 valence electrons. The molecule has 0 radical (unpaired) electrons. The van der Waals surface area contributed by atoms with Crippen molar-refractivity contribution in [3.8, 4) is 0 Å². The van der Waals surface area contributed by atoms with Gasteiger partial charge in [0.2, 0.25) is 5.91 Å². The Labute approximate surface area is 173 Å². The van der Waals surface area contributed by atoms with Crippen molar-refractivity contribution in [2.45, 2.75) is 104 Å². The maximum Gasteiger partial charge on any atom is 0.223 e. The number of carbonyl (C=O) groups is 1. The summed E-state index contributed by atoms with van der Waals surface area (Å²) < 4.78 is 0. The van der Waals surface area contributed by atoms with Crippen molar-refractivity contribution in [2.75, 3.05) is 0 Å². The second-order valence-electron chi connectivity index (χ2n) is 11.1. The zero-order valence-electron chi connectivity index (χ0n) is 19.9. The first-order chi connectivity index (χ1) is 12.5. The summed E-state index contributed by atoms with van der Waals surface area (Å²) >= 11 is 0. The molecule has 2 unspecified atom stereocenters. The molecule has 0 aliphatic carbocycles. The van der Waals surface area contributed by atoms with Gasteiger partial charge in [0.05, 0.1) is 0 Å². The molecule has 3 heteroatoms. The second-order valence-corrected chi connectivity index (χ2v) is 11.1. The Morgan fingerprint density at radius 1 is 0.964 bits per heavy atom. The minimum atomic E-state index is -0.285. The molecule has 1 aromatic carbocycles. The van der Waals surface area contributed by atoms with Gasteiger partial charge in [-0.2, -0.15) is 0 Å². The Bertz CT molecular complexity index is 636. The van der Waals surface area contributed by atoms with Crippen molar-refractivity contribution in [3.63, 3.8) is 0 Å². The summed E-state index contributed by atoms with van der Waals surface area (Å²) in [5, 5.41) is 3.29. The maximum absolute atomic E-state index is 12.8. The lowest BCUT2D eigenvalue weighted by atomic mass is 9.74. The van der Waals surface area contributed by atoms with Crippen LogP contribution in [0, 0.1) is 11.8 Å². The molecule has 0 aromatic heterocycles. The van der Waals surface area contributed by atoms with Gasteiger partial charge in [-0.15, -0.1) is 0 Å². The molecule has 0 aliphatic heterocycles. The Morgan fingerprint density at radius 3 is 1.89 bits per heavy atom. The lowest BCUT2D eigenvalue weighted by Gasteiger charge is -2.37. The number of rotatable bonds is 9. The van der Waals surface area contributed by atoms with E-state index in [0.29, 0.717) is 5.92 Å². The van der Waals surface area contributed by atoms with Crippen LogP contribution < -0.4 is 11.1 Å². The molecule has 0 aliphatic rings. The van der Waals surface area contributed by atoms with Crippen LogP contribution in [0.3, 0.4) is 0 Å². The summed E-state index contributed by atoms with van der Waals surface area (Å²) in [4.78, 5) is 12.8. The molecule has 28 heavy (non-hydrogen) atoms. The lowest BCUT2D eigenvalue weighted by molar-refractivity contribution is -0.127. The van der Waals surface area contributed by atoms with Crippen molar-refractivity contribution in [1.29, 1.82) is 0 Å². The number of hydrogen-bond acceptors (Lipinski definition) is 2. The Hall–Kier alpha value is -1.35. The number of hydrogen-bond donors (Lipinski definition) is 2. The van der Waals surface area contributed by atoms with Gasteiger partial charge < -0.3 is 11.1 Å². The zero-order chi connectivity index (χ0) is 21.9. The van der Waals surface area contributed by atoms with Gasteiger partial charge in [0.15, 0.2) is 0 Å². The van der Waals surface area contributed by atoms with Gasteiger partial charge in [0.1, 0.15) is 0 Å². The van der Waals surface area contributed by atoms with Crippen LogP contribution in [0.2, 0.25) is 0 Å². The molecule has 1 amide bonds. The van der Waals surface area contributed by atoms with E-state index in [0.717, 1.165) is 12.8 Å². The van der Waals surface area contributed by atoms with Crippen LogP contribution in [-0.4, -0.2) is 17.0 Å². The van der Waals surface area contributed by atoms with E-state index in [1.165, 1.54) is 11.1 Å². The summed E-state index contributed by atoms with van der Waals surface area (Å²) in [6, 6.07) is 8.93. The van der Waals surface area contributed by atoms with Gasteiger partial charge in [0, 0.05) is 17.0 Å². The van der Waals surface area contributed by atoms with E-state index in [2.05, 4.69) is 78.0 Å². The first-order valence-electron chi connectivity index (χ1n) is 10.8. The molecule has 0 spiro atoms. The third-order valence-electron chi connectivity index (χ3n) is 6.13. The molecular weight excluding hydrogens is 344 g/mol. The SMILES string of the molecule is CC(CC(C)C(C)(C)N)C(=O)NC(C)(C)CC(C)(C)c1ccc(C(C)C)cc1. The van der Waals surface area contributed by atoms with Gasteiger partial charge in [-0.1, -0.05) is 65.8 Å². The summed E-state index contributed by atoms with van der Waals surface area (Å²) in [6.45, 7) is 21.4. The third-order valence-corrected chi connectivity index (χ3v) is 6.13. The highest BCUT2D eigenvalue weighted by Gasteiger charge is 2.33. The van der Waals surface area contributed by atoms with E-state index in [9.17, 15) is 4.79 Å². The van der Waals surface area contributed by atoms with E-state index < -0.39 is 0 Å². The Morgan fingerprint density at radius 2 is 1.46 bits per heavy atom. The monoisotopic (exact) mass is 388 g/mol. The second kappa shape index (κ2) is 8.98. The molecule has 0 bridgehead atoms. The largest absolute Gasteiger partial charge is 0.351 e. The molecule has 0 saturated heterocycles. The number of nitrogens with two attached hydrogens (primary N) is 1. The fraction of sp³-hybridized carbons (Fsp3) is 0.720. The number of amides is 1. The van der Waals surface area contributed by atoms with Gasteiger partial charge in [0.25, 0.3) is 0 Å². The lowest BCUT2D eigenvalue weighted by Crippen LogP contribution is -2.49. The van der Waals surface area contributed by atoms with Crippen LogP contribution in [0.1, 0.15) is 99.1 Å². The van der Waals surface area contributed by atoms with Crippen molar-refractivity contribution >= 4 is 5.91 Å². The first-order valence-corrected chi connectivity index (χ1v) is 10.8. The predicted octanol–water partition coefficient (Wildman–Crippen LogP) is 5.77. The minimum absolute atomic E-state index is 0.0257. The average molecular weight is 389 g/mol. The van der Waals surface area contributed by atoms with Crippen LogP contribution in [0.4, 0.5) is 0 Å². The number of nitrogens with one attached hydrogen (secondary N) is 1. The molecule has 2 atom stereocenters. The summed E-state index contributed by atoms with van der Waals surface area (Å²) in [7, 11) is 0. The molecule has 3 N–H and O–H groups in total. The highest BCUT2D eigenvalue weighted by molar-refractivity contribution is 5.79. The van der Waals surface area contributed by atoms with Crippen LogP contribution in [0.5, 0.6) is 0 Å². The highest BCUT2D eigenvalue weighted by atomic mass is 16.2. The van der Waals surface area contributed by atoms with Crippen molar-refractivity contribution in [1.82, 2.24) is 5.32 Å². The summed E-state index contributed by atoms with van der Waals surface area (Å²) in [6.07, 6.45) is 1.67. The molecule has 1 rings (SSSR count). The van der Waals surface area contributed by atoms with Crippen molar-refractivity contribution < 1.29 is 4.79 Å². The Balaban J connectivity index is 2.79. The normalized spacial score (nSPS) is 15.4. The first kappa shape index (κ1) is 24.7. The van der Waals surface area contributed by atoms with E-state index in [-0.39, 0.29) is 34.2 Å². The number of benzene rings is 1. The van der Waals surface area contributed by atoms with E-state index in [1.807, 2.05) is 20.8 Å². The maximum atomic E-state index is 12.8. The zero-order valence-corrected chi connectivity index (χ0v) is 19.9. The molecule has 3 nitrogen and oxygen atoms in total. The molecule has 0 heterocycles. The van der Waals surface area contributed by atoms with E-state index in [1.54, 1.807) is 0 Å². The van der Waals surface area contributed by atoms with Gasteiger partial charge >= 0.3 is 0 Å². The standard InChI is InChI=1S/C25H44N2O/c1-17(2)20-11-13-21(14-12-20)23(5,6)16-24(7,8)27-22(28)18(3)15-19(4)25(9,10)26/h11-14,17-19H,15-16,26H2,1-10H3,(H,27,28). The predicted molar refractivity (Wildman–Crippen MR) is 122 cm³/mol. The average Bonchev–Trinajstić information content (AvgIpc) is 2.52. The molecule has 1 aromatic rings. The van der Waals surface area contributed by atoms with Gasteiger partial charge in [-0.05, 0) is 68.9 Å². The fourth-order valence-electron chi connectivity index (χ4n) is 3.97. The fourth-order valence-corrected chi connectivity index (χ4v) is 3.97. The summed E-state index contributed by atoms with van der Waals surface area (Å²) in [5.74, 6) is 0.889. The molecule has 0 fully saturated rings. The topological polar surface area (TPSA) is 55.1 Å². The Kier molecular flexibility index (Phi) is 7.92. The van der Waals surface area contributed by atoms with E-state index >= 15 is 0 Å². The van der Waals surface area contributed by atoms with Crippen molar-refractivity contribution in [3.05, 3.63) is 35.4 Å². The van der Waals surface area contributed by atoms with E-state index in [4.69, 9.17) is 5.73 Å². The van der Waals surface area contributed by atoms with Crippen LogP contribution in [0.15, 0.2) is 24.3 Å². The van der Waals surface area contributed by atoms with Crippen LogP contribution in [-0.2, 0) is 10.2 Å².